The first-order valence-electron chi connectivity index (χ1n) is 10.9. The monoisotopic (exact) mass is 428 g/mol. The lowest BCUT2D eigenvalue weighted by Gasteiger charge is -2.53. The molecule has 1 aromatic rings. The minimum atomic E-state index is -0.722. The maximum absolute atomic E-state index is 12.8. The Hall–Kier alpha value is -2.63. The summed E-state index contributed by atoms with van der Waals surface area (Å²) in [6.45, 7) is 10.9. The number of carbonyl (C=O) groups is 3. The number of furan rings is 1. The maximum Gasteiger partial charge on any atom is 0.334 e. The Kier molecular flexibility index (Phi) is 6.58. The Balaban J connectivity index is 2.06. The number of fused-ring (bicyclic) bond motifs is 2. The Bertz CT molecular complexity index is 936. The van der Waals surface area contributed by atoms with Crippen LogP contribution in [0.25, 0.3) is 0 Å². The average Bonchev–Trinajstić information content (AvgIpc) is 3.12. The van der Waals surface area contributed by atoms with E-state index < -0.39 is 35.5 Å². The van der Waals surface area contributed by atoms with Gasteiger partial charge in [-0.25, -0.2) is 9.59 Å². The predicted octanol–water partition coefficient (Wildman–Crippen LogP) is 4.80. The summed E-state index contributed by atoms with van der Waals surface area (Å²) in [5.74, 6) is -0.584. The number of aryl methyl sites for hydroxylation is 1. The molecule has 0 N–H and O–H groups in total. The molecule has 0 bridgehead atoms. The molecule has 0 spiro atoms. The van der Waals surface area contributed by atoms with Crippen LogP contribution in [0.2, 0.25) is 0 Å². The lowest BCUT2D eigenvalue weighted by atomic mass is 9.53. The number of hydrogen-bond donors (Lipinski definition) is 0. The molecule has 0 aliphatic heterocycles. The molecular formula is C25H32O6. The minimum absolute atomic E-state index is 0.0576. The maximum atomic E-state index is 12.8. The molecule has 5 atom stereocenters. The number of aldehydes is 1. The van der Waals surface area contributed by atoms with Crippen molar-refractivity contribution in [3.8, 4) is 0 Å². The van der Waals surface area contributed by atoms with Crippen molar-refractivity contribution in [1.29, 1.82) is 0 Å². The molecule has 6 heteroatoms. The van der Waals surface area contributed by atoms with E-state index in [4.69, 9.17) is 13.9 Å². The van der Waals surface area contributed by atoms with E-state index in [2.05, 4.69) is 0 Å². The van der Waals surface area contributed by atoms with Crippen molar-refractivity contribution >= 4 is 18.2 Å². The number of esters is 2. The lowest BCUT2D eigenvalue weighted by molar-refractivity contribution is -0.185. The van der Waals surface area contributed by atoms with Gasteiger partial charge in [-0.1, -0.05) is 19.1 Å². The fraction of sp³-hybridized carbons (Fsp3) is 0.560. The standard InChI is InChI=1S/C25H32O6/c1-7-14(3)23(27)30-19-10-9-17-11-20-21(16(5)13-29-20)22(25(17,6)18(19)12-26)31-24(28)15(4)8-2/h7-8,12-13,17-19,22H,9-11H2,1-6H3/b14-7-,15-8-/t17-,18+,19+,22-,25+/m1/s1. The normalized spacial score (nSPS) is 30.8. The molecule has 31 heavy (non-hydrogen) atoms. The first kappa shape index (κ1) is 23.0. The first-order chi connectivity index (χ1) is 14.7. The van der Waals surface area contributed by atoms with Crippen LogP contribution in [0.1, 0.15) is 70.5 Å². The van der Waals surface area contributed by atoms with E-state index in [0.717, 1.165) is 29.6 Å². The number of rotatable bonds is 5. The molecule has 1 heterocycles. The Morgan fingerprint density at radius 2 is 1.71 bits per heavy atom. The molecule has 6 nitrogen and oxygen atoms in total. The van der Waals surface area contributed by atoms with E-state index in [1.807, 2.05) is 13.8 Å². The summed E-state index contributed by atoms with van der Waals surface area (Å²) in [5, 5.41) is 0. The summed E-state index contributed by atoms with van der Waals surface area (Å²) < 4.78 is 17.6. The van der Waals surface area contributed by atoms with Crippen LogP contribution in [-0.4, -0.2) is 24.3 Å². The summed E-state index contributed by atoms with van der Waals surface area (Å²) >= 11 is 0. The van der Waals surface area contributed by atoms with Gasteiger partial charge in [0.2, 0.25) is 0 Å². The fourth-order valence-corrected chi connectivity index (χ4v) is 5.01. The van der Waals surface area contributed by atoms with Gasteiger partial charge < -0.3 is 18.7 Å². The summed E-state index contributed by atoms with van der Waals surface area (Å²) in [4.78, 5) is 37.7. The molecule has 168 valence electrons. The largest absolute Gasteiger partial charge is 0.469 e. The highest BCUT2D eigenvalue weighted by Crippen LogP contribution is 2.59. The van der Waals surface area contributed by atoms with Gasteiger partial charge in [0.05, 0.1) is 12.2 Å². The quantitative estimate of drug-likeness (QED) is 0.380. The molecule has 2 aliphatic rings. The van der Waals surface area contributed by atoms with E-state index in [0.29, 0.717) is 24.0 Å². The van der Waals surface area contributed by atoms with Gasteiger partial charge in [-0.2, -0.15) is 0 Å². The second-order valence-electron chi connectivity index (χ2n) is 8.93. The van der Waals surface area contributed by atoms with Gasteiger partial charge in [0.1, 0.15) is 24.3 Å². The van der Waals surface area contributed by atoms with E-state index in [1.54, 1.807) is 46.1 Å². The van der Waals surface area contributed by atoms with Crippen LogP contribution < -0.4 is 0 Å². The number of carbonyl (C=O) groups excluding carboxylic acids is 3. The molecule has 1 fully saturated rings. The minimum Gasteiger partial charge on any atom is -0.469 e. The van der Waals surface area contributed by atoms with Gasteiger partial charge in [0.15, 0.2) is 0 Å². The molecule has 3 rings (SSSR count). The summed E-state index contributed by atoms with van der Waals surface area (Å²) in [6, 6.07) is 0. The smallest absolute Gasteiger partial charge is 0.334 e. The summed E-state index contributed by atoms with van der Waals surface area (Å²) in [7, 11) is 0. The van der Waals surface area contributed by atoms with Gasteiger partial charge in [-0.15, -0.1) is 0 Å². The van der Waals surface area contributed by atoms with E-state index in [9.17, 15) is 14.4 Å². The van der Waals surface area contributed by atoms with E-state index >= 15 is 0 Å². The van der Waals surface area contributed by atoms with Crippen LogP contribution >= 0.6 is 0 Å². The average molecular weight is 429 g/mol. The van der Waals surface area contributed by atoms with Crippen molar-refractivity contribution in [2.24, 2.45) is 17.3 Å². The third kappa shape index (κ3) is 3.88. The van der Waals surface area contributed by atoms with Gasteiger partial charge in [0, 0.05) is 28.5 Å². The van der Waals surface area contributed by atoms with Crippen molar-refractivity contribution in [2.45, 2.75) is 73.0 Å². The Morgan fingerprint density at radius 1 is 1.10 bits per heavy atom. The number of ether oxygens (including phenoxy) is 2. The molecular weight excluding hydrogens is 396 g/mol. The van der Waals surface area contributed by atoms with Crippen LogP contribution in [0.3, 0.4) is 0 Å². The van der Waals surface area contributed by atoms with Gasteiger partial charge in [-0.05, 0) is 58.9 Å². The molecule has 1 aromatic heterocycles. The molecule has 0 saturated heterocycles. The van der Waals surface area contributed by atoms with Gasteiger partial charge >= 0.3 is 11.9 Å². The van der Waals surface area contributed by atoms with E-state index in [-0.39, 0.29) is 5.92 Å². The first-order valence-corrected chi connectivity index (χ1v) is 10.9. The zero-order valence-electron chi connectivity index (χ0n) is 19.2. The van der Waals surface area contributed by atoms with Crippen LogP contribution in [0.4, 0.5) is 0 Å². The fourth-order valence-electron chi connectivity index (χ4n) is 5.01. The SMILES string of the molecule is C/C=C(/C)C(=O)O[C@H]1CC[C@@H]2Cc3occ(C)c3[C@@H](OC(=O)/C(C)=C\C)[C@]2(C)[C@H]1C=O. The molecule has 1 saturated carbocycles. The van der Waals surface area contributed by atoms with Crippen LogP contribution in [0.5, 0.6) is 0 Å². The zero-order chi connectivity index (χ0) is 22.9. The lowest BCUT2D eigenvalue weighted by Crippen LogP contribution is -2.54. The van der Waals surface area contributed by atoms with Crippen molar-refractivity contribution in [3.63, 3.8) is 0 Å². The molecule has 0 radical (unpaired) electrons. The van der Waals surface area contributed by atoms with Crippen LogP contribution in [0, 0.1) is 24.2 Å². The van der Waals surface area contributed by atoms with Crippen molar-refractivity contribution < 1.29 is 28.3 Å². The predicted molar refractivity (Wildman–Crippen MR) is 115 cm³/mol. The van der Waals surface area contributed by atoms with Crippen molar-refractivity contribution in [1.82, 2.24) is 0 Å². The zero-order valence-corrected chi connectivity index (χ0v) is 19.2. The molecule has 0 aromatic carbocycles. The van der Waals surface area contributed by atoms with Gasteiger partial charge in [-0.3, -0.25) is 0 Å². The second kappa shape index (κ2) is 8.85. The summed E-state index contributed by atoms with van der Waals surface area (Å²) in [6.07, 6.45) is 6.69. The number of hydrogen-bond acceptors (Lipinski definition) is 6. The molecule has 0 amide bonds. The third-order valence-electron chi connectivity index (χ3n) is 7.30. The highest BCUT2D eigenvalue weighted by molar-refractivity contribution is 5.88. The topological polar surface area (TPSA) is 82.8 Å². The van der Waals surface area contributed by atoms with Crippen LogP contribution in [0.15, 0.2) is 34.0 Å². The van der Waals surface area contributed by atoms with Crippen LogP contribution in [-0.2, 0) is 30.3 Å². The highest BCUT2D eigenvalue weighted by atomic mass is 16.6. The second-order valence-corrected chi connectivity index (χ2v) is 8.93. The summed E-state index contributed by atoms with van der Waals surface area (Å²) in [5.41, 5.74) is 2.00. The Morgan fingerprint density at radius 3 is 2.29 bits per heavy atom. The van der Waals surface area contributed by atoms with Crippen molar-refractivity contribution in [3.05, 3.63) is 46.4 Å². The Labute approximate surface area is 183 Å². The molecule has 0 unspecified atom stereocenters. The molecule has 2 aliphatic carbocycles. The van der Waals surface area contributed by atoms with Gasteiger partial charge in [0.25, 0.3) is 0 Å². The van der Waals surface area contributed by atoms with E-state index in [1.165, 1.54) is 0 Å². The van der Waals surface area contributed by atoms with Crippen molar-refractivity contribution in [2.75, 3.05) is 0 Å². The third-order valence-corrected chi connectivity index (χ3v) is 7.30. The highest BCUT2D eigenvalue weighted by Gasteiger charge is 2.59. The number of allylic oxidation sites excluding steroid dienone is 2.